The molecule has 1 N–H and O–H groups in total. The van der Waals surface area contributed by atoms with E-state index in [0.717, 1.165) is 30.2 Å². The topological polar surface area (TPSA) is 81.5 Å². The van der Waals surface area contributed by atoms with E-state index in [9.17, 15) is 17.8 Å². The van der Waals surface area contributed by atoms with Crippen LogP contribution in [0, 0.1) is 11.6 Å². The number of benzene rings is 2. The molecule has 41 heavy (non-hydrogen) atoms. The van der Waals surface area contributed by atoms with Crippen LogP contribution in [0.3, 0.4) is 0 Å². The summed E-state index contributed by atoms with van der Waals surface area (Å²) >= 11 is 0. The molecule has 4 rings (SSSR count). The highest BCUT2D eigenvalue weighted by Crippen LogP contribution is 2.46. The quantitative estimate of drug-likeness (QED) is 0.215. The zero-order valence-corrected chi connectivity index (χ0v) is 24.7. The molecule has 3 aromatic rings. The van der Waals surface area contributed by atoms with Gasteiger partial charge >= 0.3 is 0 Å². The van der Waals surface area contributed by atoms with Gasteiger partial charge in [0.15, 0.2) is 11.6 Å². The van der Waals surface area contributed by atoms with Gasteiger partial charge in [-0.25, -0.2) is 22.6 Å². The molecule has 2 heterocycles. The van der Waals surface area contributed by atoms with Gasteiger partial charge in [0.2, 0.25) is 5.91 Å². The van der Waals surface area contributed by atoms with Crippen LogP contribution in [0.15, 0.2) is 48.5 Å². The summed E-state index contributed by atoms with van der Waals surface area (Å²) in [6.07, 6.45) is 0.996. The molecule has 0 aliphatic carbocycles. The molecule has 3 atom stereocenters. The van der Waals surface area contributed by atoms with Crippen molar-refractivity contribution in [2.45, 2.75) is 51.0 Å². The Balaban J connectivity index is 1.87. The average molecular weight is 592 g/mol. The van der Waals surface area contributed by atoms with Crippen LogP contribution in [0.2, 0.25) is 0 Å². The van der Waals surface area contributed by atoms with Crippen molar-refractivity contribution >= 4 is 14.1 Å². The van der Waals surface area contributed by atoms with Crippen LogP contribution in [0.5, 0.6) is 0 Å². The predicted octanol–water partition coefficient (Wildman–Crippen LogP) is 5.29. The summed E-state index contributed by atoms with van der Waals surface area (Å²) in [4.78, 5) is 20.0. The predicted molar refractivity (Wildman–Crippen MR) is 152 cm³/mol. The Hall–Kier alpha value is -2.85. The molecule has 1 aliphatic heterocycles. The number of carbonyl (C=O) groups excluding carboxylic acids is 1. The number of nitrogens with zero attached hydrogens (tertiary/aromatic N) is 4. The third-order valence-corrected chi connectivity index (χ3v) is 8.79. The van der Waals surface area contributed by atoms with E-state index >= 15 is 0 Å². The molecule has 2 aromatic carbocycles. The maximum absolute atomic E-state index is 14.9. The minimum Gasteiger partial charge on any atom is -0.376 e. The highest BCUT2D eigenvalue weighted by Gasteiger charge is 2.44. The first-order valence-electron chi connectivity index (χ1n) is 13.6. The van der Waals surface area contributed by atoms with Gasteiger partial charge in [-0.3, -0.25) is 4.79 Å². The Kier molecular flexibility index (Phi) is 10.5. The first-order valence-corrected chi connectivity index (χ1v) is 15.1. The molecule has 1 amide bonds. The van der Waals surface area contributed by atoms with E-state index in [0.29, 0.717) is 19.0 Å². The third kappa shape index (κ3) is 7.52. The monoisotopic (exact) mass is 591 g/mol. The second-order valence-electron chi connectivity index (χ2n) is 10.5. The van der Waals surface area contributed by atoms with Crippen molar-refractivity contribution in [1.82, 2.24) is 25.0 Å². The molecule has 0 spiro atoms. The molecule has 0 radical (unpaired) electrons. The van der Waals surface area contributed by atoms with Crippen LogP contribution >= 0.6 is 8.23 Å². The lowest BCUT2D eigenvalue weighted by molar-refractivity contribution is -0.147. The lowest BCUT2D eigenvalue weighted by Crippen LogP contribution is -2.51. The van der Waals surface area contributed by atoms with Crippen LogP contribution in [0.1, 0.15) is 44.6 Å². The van der Waals surface area contributed by atoms with Gasteiger partial charge in [-0.1, -0.05) is 37.3 Å². The number of amides is 1. The minimum atomic E-state index is -1.84. The van der Waals surface area contributed by atoms with Gasteiger partial charge in [0.1, 0.15) is 32.5 Å². The van der Waals surface area contributed by atoms with Crippen molar-refractivity contribution in [3.05, 3.63) is 71.6 Å². The fourth-order valence-electron chi connectivity index (χ4n) is 4.83. The number of aromatic nitrogens is 3. The van der Waals surface area contributed by atoms with Crippen molar-refractivity contribution in [2.24, 2.45) is 0 Å². The van der Waals surface area contributed by atoms with E-state index in [-0.39, 0.29) is 43.3 Å². The van der Waals surface area contributed by atoms with Crippen LogP contribution in [-0.4, -0.2) is 76.5 Å². The van der Waals surface area contributed by atoms with E-state index < -0.39 is 37.2 Å². The number of nitrogens with one attached hydrogen (secondary N) is 1. The van der Waals surface area contributed by atoms with E-state index in [2.05, 4.69) is 10.4 Å². The zero-order chi connectivity index (χ0) is 29.6. The molecule has 1 aromatic heterocycles. The molecule has 1 aliphatic rings. The van der Waals surface area contributed by atoms with Gasteiger partial charge in [-0.2, -0.15) is 5.10 Å². The summed E-state index contributed by atoms with van der Waals surface area (Å²) in [5, 5.41) is 7.68. The maximum Gasteiger partial charge on any atom is 0.249 e. The molecule has 0 saturated carbocycles. The van der Waals surface area contributed by atoms with Crippen molar-refractivity contribution in [3.8, 4) is 11.4 Å². The van der Waals surface area contributed by atoms with E-state index in [1.165, 1.54) is 7.11 Å². The van der Waals surface area contributed by atoms with Crippen LogP contribution in [0.25, 0.3) is 11.4 Å². The van der Waals surface area contributed by atoms with E-state index in [1.807, 2.05) is 37.3 Å². The number of hydrogen-bond donors (Lipinski definition) is 1. The van der Waals surface area contributed by atoms with E-state index in [1.54, 1.807) is 23.4 Å². The first-order chi connectivity index (χ1) is 19.6. The summed E-state index contributed by atoms with van der Waals surface area (Å²) in [7, 11) is -0.321. The molecule has 1 saturated heterocycles. The minimum absolute atomic E-state index is 0.0326. The normalized spacial score (nSPS) is 18.0. The highest BCUT2D eigenvalue weighted by atomic mass is 31.2. The SMILES string of the molecule is CCCOCC(=O)N(CC1CNCP1F)C(c1nc(-c2cc(F)ccc2F)nn1Cc1ccccc1)C(C)(C)OC. The van der Waals surface area contributed by atoms with Gasteiger partial charge in [0.25, 0.3) is 0 Å². The van der Waals surface area contributed by atoms with Gasteiger partial charge in [0.05, 0.1) is 17.7 Å². The van der Waals surface area contributed by atoms with Crippen LogP contribution in [0.4, 0.5) is 13.0 Å². The second kappa shape index (κ2) is 13.9. The van der Waals surface area contributed by atoms with Crippen molar-refractivity contribution in [3.63, 3.8) is 0 Å². The molecule has 12 heteroatoms. The van der Waals surface area contributed by atoms with Crippen molar-refractivity contribution in [2.75, 3.05) is 39.7 Å². The second-order valence-corrected chi connectivity index (χ2v) is 12.4. The van der Waals surface area contributed by atoms with Crippen molar-refractivity contribution in [1.29, 1.82) is 0 Å². The first kappa shape index (κ1) is 31.1. The van der Waals surface area contributed by atoms with Gasteiger partial charge in [0, 0.05) is 38.8 Å². The van der Waals surface area contributed by atoms with Gasteiger partial charge < -0.3 is 19.7 Å². The Bertz CT molecular complexity index is 1310. The molecule has 1 fully saturated rings. The molecule has 3 unspecified atom stereocenters. The highest BCUT2D eigenvalue weighted by molar-refractivity contribution is 7.53. The summed E-state index contributed by atoms with van der Waals surface area (Å²) in [5.74, 6) is -1.40. The number of carbonyl (C=O) groups is 1. The third-order valence-electron chi connectivity index (χ3n) is 7.13. The molecule has 0 bridgehead atoms. The molecular weight excluding hydrogens is 554 g/mol. The molecule has 222 valence electrons. The smallest absolute Gasteiger partial charge is 0.249 e. The fourth-order valence-corrected chi connectivity index (χ4v) is 6.11. The number of halogens is 3. The standard InChI is InChI=1S/C29H37F3N5O3P/c1-5-13-40-18-25(38)36(17-22-15-33-19-41(22)32)26(29(2,3)39-4)28-34-27(23-14-21(30)11-12-24(23)31)35-37(28)16-20-9-7-6-8-10-20/h6-12,14,22,26,33H,5,13,15-19H2,1-4H3. The van der Waals surface area contributed by atoms with Crippen LogP contribution in [-0.2, 0) is 20.8 Å². The summed E-state index contributed by atoms with van der Waals surface area (Å²) < 4.78 is 57.1. The van der Waals surface area contributed by atoms with Gasteiger partial charge in [-0.15, -0.1) is 0 Å². The number of methoxy groups -OCH3 is 1. The number of ether oxygens (including phenoxy) is 2. The number of hydrogen-bond acceptors (Lipinski definition) is 6. The average Bonchev–Trinajstić information content (AvgIpc) is 3.55. The summed E-state index contributed by atoms with van der Waals surface area (Å²) in [6, 6.07) is 11.7. The summed E-state index contributed by atoms with van der Waals surface area (Å²) in [6.45, 7) is 6.52. The van der Waals surface area contributed by atoms with Crippen molar-refractivity contribution < 1.29 is 27.2 Å². The van der Waals surface area contributed by atoms with E-state index in [4.69, 9.17) is 14.5 Å². The fraction of sp³-hybridized carbons (Fsp3) is 0.483. The lowest BCUT2D eigenvalue weighted by atomic mass is 9.95. The van der Waals surface area contributed by atoms with Gasteiger partial charge in [-0.05, 0) is 44.0 Å². The Morgan fingerprint density at radius 3 is 2.66 bits per heavy atom. The zero-order valence-electron chi connectivity index (χ0n) is 23.8. The Morgan fingerprint density at radius 1 is 1.24 bits per heavy atom. The molecule has 8 nitrogen and oxygen atoms in total. The maximum atomic E-state index is 14.9. The van der Waals surface area contributed by atoms with Crippen LogP contribution < -0.4 is 5.32 Å². The summed E-state index contributed by atoms with van der Waals surface area (Å²) in [5.41, 5.74) is -0.662. The Labute approximate surface area is 240 Å². The Morgan fingerprint density at radius 2 is 2.00 bits per heavy atom. The lowest BCUT2D eigenvalue weighted by Gasteiger charge is -2.41. The number of rotatable bonds is 13. The largest absolute Gasteiger partial charge is 0.376 e. The molecular formula is C29H37F3N5O3P.